The molecule has 1 heterocycles. The normalized spacial score (nSPS) is 15.3. The van der Waals surface area contributed by atoms with Crippen molar-refractivity contribution in [3.8, 4) is 0 Å². The van der Waals surface area contributed by atoms with Gasteiger partial charge in [-0.05, 0) is 37.1 Å². The van der Waals surface area contributed by atoms with E-state index in [1.807, 2.05) is 23.1 Å². The van der Waals surface area contributed by atoms with Gasteiger partial charge < -0.3 is 10.6 Å². The van der Waals surface area contributed by atoms with Gasteiger partial charge in [0.1, 0.15) is 11.6 Å². The van der Waals surface area contributed by atoms with Crippen LogP contribution >= 0.6 is 0 Å². The monoisotopic (exact) mass is 373 g/mol. The molecule has 0 unspecified atom stereocenters. The first-order valence-electron chi connectivity index (χ1n) is 8.84. The summed E-state index contributed by atoms with van der Waals surface area (Å²) in [5.74, 6) is -1.90. The van der Waals surface area contributed by atoms with Crippen LogP contribution < -0.4 is 10.6 Å². The molecule has 3 rings (SSSR count). The summed E-state index contributed by atoms with van der Waals surface area (Å²) >= 11 is 0. The molecule has 0 bridgehead atoms. The maximum absolute atomic E-state index is 13.2. The van der Waals surface area contributed by atoms with Crippen molar-refractivity contribution in [2.24, 2.45) is 0 Å². The molecule has 2 aromatic carbocycles. The Balaban J connectivity index is 1.44. The Morgan fingerprint density at radius 3 is 2.26 bits per heavy atom. The minimum Gasteiger partial charge on any atom is -0.349 e. The number of anilines is 1. The fourth-order valence-electron chi connectivity index (χ4n) is 3.12. The maximum atomic E-state index is 13.2. The van der Waals surface area contributed by atoms with E-state index in [4.69, 9.17) is 0 Å². The average Bonchev–Trinajstić information content (AvgIpc) is 2.63. The van der Waals surface area contributed by atoms with Gasteiger partial charge in [-0.15, -0.1) is 0 Å². The summed E-state index contributed by atoms with van der Waals surface area (Å²) in [7, 11) is 0. The van der Waals surface area contributed by atoms with Crippen LogP contribution in [0.4, 0.5) is 14.5 Å². The predicted molar refractivity (Wildman–Crippen MR) is 98.4 cm³/mol. The smallest absolute Gasteiger partial charge is 0.251 e. The second-order valence-corrected chi connectivity index (χ2v) is 6.60. The second-order valence-electron chi connectivity index (χ2n) is 6.60. The van der Waals surface area contributed by atoms with E-state index in [2.05, 4.69) is 10.6 Å². The van der Waals surface area contributed by atoms with Crippen molar-refractivity contribution in [2.45, 2.75) is 18.9 Å². The number of hydrogen-bond acceptors (Lipinski definition) is 3. The van der Waals surface area contributed by atoms with Crippen LogP contribution in [-0.4, -0.2) is 42.4 Å². The predicted octanol–water partition coefficient (Wildman–Crippen LogP) is 2.80. The maximum Gasteiger partial charge on any atom is 0.251 e. The standard InChI is InChI=1S/C20H21F2N3O2/c21-15-10-16(22)12-18(11-15)23-19(26)13-25-8-6-17(7-9-25)24-20(27)14-4-2-1-3-5-14/h1-5,10-12,17H,6-9,13H2,(H,23,26)(H,24,27). The van der Waals surface area contributed by atoms with Crippen LogP contribution in [0.1, 0.15) is 23.2 Å². The number of amides is 2. The Labute approximate surface area is 156 Å². The molecule has 0 spiro atoms. The first-order chi connectivity index (χ1) is 13.0. The Bertz CT molecular complexity index is 786. The zero-order valence-electron chi connectivity index (χ0n) is 14.8. The quantitative estimate of drug-likeness (QED) is 0.847. The van der Waals surface area contributed by atoms with Gasteiger partial charge in [-0.25, -0.2) is 8.78 Å². The van der Waals surface area contributed by atoms with Gasteiger partial charge in [0.2, 0.25) is 5.91 Å². The lowest BCUT2D eigenvalue weighted by atomic mass is 10.0. The number of benzene rings is 2. The molecular formula is C20H21F2N3O2. The number of carbonyl (C=O) groups excluding carboxylic acids is 2. The summed E-state index contributed by atoms with van der Waals surface area (Å²) in [6.07, 6.45) is 1.47. The highest BCUT2D eigenvalue weighted by atomic mass is 19.1. The van der Waals surface area contributed by atoms with Crippen molar-refractivity contribution in [1.29, 1.82) is 0 Å². The first-order valence-corrected chi connectivity index (χ1v) is 8.84. The highest BCUT2D eigenvalue weighted by molar-refractivity contribution is 5.94. The fourth-order valence-corrected chi connectivity index (χ4v) is 3.12. The summed E-state index contributed by atoms with van der Waals surface area (Å²) < 4.78 is 26.3. The molecular weight excluding hydrogens is 352 g/mol. The number of piperidine rings is 1. The summed E-state index contributed by atoms with van der Waals surface area (Å²) in [5, 5.41) is 5.52. The fraction of sp³-hybridized carbons (Fsp3) is 0.300. The zero-order chi connectivity index (χ0) is 19.2. The Morgan fingerprint density at radius 2 is 1.63 bits per heavy atom. The Morgan fingerprint density at radius 1 is 1.00 bits per heavy atom. The molecule has 1 aliphatic rings. The van der Waals surface area contributed by atoms with E-state index >= 15 is 0 Å². The molecule has 0 saturated carbocycles. The molecule has 27 heavy (non-hydrogen) atoms. The molecule has 0 radical (unpaired) electrons. The topological polar surface area (TPSA) is 61.4 Å². The molecule has 2 aromatic rings. The third-order valence-corrected chi connectivity index (χ3v) is 4.47. The number of rotatable bonds is 5. The van der Waals surface area contributed by atoms with Crippen molar-refractivity contribution in [1.82, 2.24) is 10.2 Å². The molecule has 0 aromatic heterocycles. The van der Waals surface area contributed by atoms with Crippen molar-refractivity contribution < 1.29 is 18.4 Å². The number of hydrogen-bond donors (Lipinski definition) is 2. The number of nitrogens with zero attached hydrogens (tertiary/aromatic N) is 1. The average molecular weight is 373 g/mol. The third kappa shape index (κ3) is 5.59. The summed E-state index contributed by atoms with van der Waals surface area (Å²) in [6, 6.07) is 12.0. The highest BCUT2D eigenvalue weighted by Gasteiger charge is 2.22. The first kappa shape index (κ1) is 19.0. The van der Waals surface area contributed by atoms with E-state index in [9.17, 15) is 18.4 Å². The molecule has 1 aliphatic heterocycles. The number of likely N-dealkylation sites (tertiary alicyclic amines) is 1. The molecule has 0 atom stereocenters. The van der Waals surface area contributed by atoms with Gasteiger partial charge in [-0.1, -0.05) is 18.2 Å². The van der Waals surface area contributed by atoms with Gasteiger partial charge in [0.05, 0.1) is 6.54 Å². The second kappa shape index (κ2) is 8.73. The molecule has 2 N–H and O–H groups in total. The third-order valence-electron chi connectivity index (χ3n) is 4.47. The van der Waals surface area contributed by atoms with Gasteiger partial charge >= 0.3 is 0 Å². The Hall–Kier alpha value is -2.80. The molecule has 1 saturated heterocycles. The van der Waals surface area contributed by atoms with Crippen LogP contribution in [0, 0.1) is 11.6 Å². The van der Waals surface area contributed by atoms with Crippen LogP contribution in [-0.2, 0) is 4.79 Å². The molecule has 2 amide bonds. The lowest BCUT2D eigenvalue weighted by Gasteiger charge is -2.31. The lowest BCUT2D eigenvalue weighted by Crippen LogP contribution is -2.46. The van der Waals surface area contributed by atoms with Gasteiger partial charge in [-0.3, -0.25) is 14.5 Å². The number of carbonyl (C=O) groups is 2. The van der Waals surface area contributed by atoms with E-state index in [1.165, 1.54) is 0 Å². The van der Waals surface area contributed by atoms with Crippen molar-refractivity contribution in [3.05, 3.63) is 65.7 Å². The van der Waals surface area contributed by atoms with Gasteiger partial charge in [0.15, 0.2) is 0 Å². The summed E-state index contributed by atoms with van der Waals surface area (Å²) in [4.78, 5) is 26.2. The zero-order valence-corrected chi connectivity index (χ0v) is 14.8. The van der Waals surface area contributed by atoms with E-state index < -0.39 is 11.6 Å². The van der Waals surface area contributed by atoms with Crippen molar-refractivity contribution in [3.63, 3.8) is 0 Å². The van der Waals surface area contributed by atoms with Crippen LogP contribution in [0.3, 0.4) is 0 Å². The van der Waals surface area contributed by atoms with E-state index in [0.29, 0.717) is 18.7 Å². The van der Waals surface area contributed by atoms with Gasteiger partial charge in [-0.2, -0.15) is 0 Å². The summed E-state index contributed by atoms with van der Waals surface area (Å²) in [5.41, 5.74) is 0.726. The summed E-state index contributed by atoms with van der Waals surface area (Å²) in [6.45, 7) is 1.45. The highest BCUT2D eigenvalue weighted by Crippen LogP contribution is 2.14. The molecule has 5 nitrogen and oxygen atoms in total. The molecule has 142 valence electrons. The van der Waals surface area contributed by atoms with Crippen LogP contribution in [0.25, 0.3) is 0 Å². The Kier molecular flexibility index (Phi) is 6.13. The van der Waals surface area contributed by atoms with E-state index in [1.54, 1.807) is 12.1 Å². The SMILES string of the molecule is O=C(CN1CCC(NC(=O)c2ccccc2)CC1)Nc1cc(F)cc(F)c1. The van der Waals surface area contributed by atoms with Crippen molar-refractivity contribution in [2.75, 3.05) is 25.0 Å². The van der Waals surface area contributed by atoms with E-state index in [-0.39, 0.29) is 30.1 Å². The van der Waals surface area contributed by atoms with Crippen LogP contribution in [0.5, 0.6) is 0 Å². The molecule has 0 aliphatic carbocycles. The van der Waals surface area contributed by atoms with E-state index in [0.717, 1.165) is 31.0 Å². The number of halogens is 2. The minimum absolute atomic E-state index is 0.0642. The minimum atomic E-state index is -0.736. The van der Waals surface area contributed by atoms with Gasteiger partial charge in [0, 0.05) is 36.4 Å². The van der Waals surface area contributed by atoms with Crippen molar-refractivity contribution >= 4 is 17.5 Å². The van der Waals surface area contributed by atoms with Crippen LogP contribution in [0.15, 0.2) is 48.5 Å². The van der Waals surface area contributed by atoms with Crippen LogP contribution in [0.2, 0.25) is 0 Å². The van der Waals surface area contributed by atoms with Gasteiger partial charge in [0.25, 0.3) is 5.91 Å². The molecule has 7 heteroatoms. The molecule has 1 fully saturated rings. The largest absolute Gasteiger partial charge is 0.349 e. The number of nitrogens with one attached hydrogen (secondary N) is 2. The lowest BCUT2D eigenvalue weighted by molar-refractivity contribution is -0.117.